The zero-order chi connectivity index (χ0) is 16.2. The van der Waals surface area contributed by atoms with Gasteiger partial charge in [0.05, 0.1) is 16.3 Å². The van der Waals surface area contributed by atoms with E-state index in [0.29, 0.717) is 6.10 Å². The molecule has 2 aromatic heterocycles. The lowest BCUT2D eigenvalue weighted by atomic mass is 10.1. The van der Waals surface area contributed by atoms with Crippen molar-refractivity contribution in [3.05, 3.63) is 47.6 Å². The Kier molecular flexibility index (Phi) is 4.60. The minimum absolute atomic E-state index is 0.420. The minimum Gasteiger partial charge on any atom is -0.490 e. The summed E-state index contributed by atoms with van der Waals surface area (Å²) in [6.45, 7) is 0.854. The monoisotopic (exact) mass is 339 g/mol. The SMILES string of the molecule is c1nc(NCCc2ccc(OC3CCCC3)cc2)c2sccc2n1. The van der Waals surface area contributed by atoms with Crippen LogP contribution in [-0.4, -0.2) is 22.6 Å². The van der Waals surface area contributed by atoms with Crippen LogP contribution in [0.15, 0.2) is 42.0 Å². The van der Waals surface area contributed by atoms with Gasteiger partial charge in [-0.3, -0.25) is 0 Å². The number of thiophene rings is 1. The van der Waals surface area contributed by atoms with E-state index in [-0.39, 0.29) is 0 Å². The topological polar surface area (TPSA) is 47.0 Å². The molecule has 4 rings (SSSR count). The maximum atomic E-state index is 6.01. The second-order valence-corrected chi connectivity index (χ2v) is 7.12. The van der Waals surface area contributed by atoms with Gasteiger partial charge in [-0.25, -0.2) is 9.97 Å². The Labute approximate surface area is 145 Å². The Hall–Kier alpha value is -2.14. The second kappa shape index (κ2) is 7.18. The van der Waals surface area contributed by atoms with Crippen molar-refractivity contribution in [2.75, 3.05) is 11.9 Å². The summed E-state index contributed by atoms with van der Waals surface area (Å²) < 4.78 is 7.14. The molecule has 1 aromatic carbocycles. The number of rotatable bonds is 6. The number of benzene rings is 1. The lowest BCUT2D eigenvalue weighted by Gasteiger charge is -2.13. The molecule has 2 heterocycles. The molecule has 0 amide bonds. The third-order valence-corrected chi connectivity index (χ3v) is 5.39. The predicted octanol–water partition coefficient (Wildman–Crippen LogP) is 4.67. The van der Waals surface area contributed by atoms with Crippen LogP contribution in [0, 0.1) is 0 Å². The molecule has 124 valence electrons. The van der Waals surface area contributed by atoms with E-state index in [1.54, 1.807) is 17.7 Å². The minimum atomic E-state index is 0.420. The van der Waals surface area contributed by atoms with Crippen LogP contribution >= 0.6 is 11.3 Å². The molecule has 1 aliphatic carbocycles. The summed E-state index contributed by atoms with van der Waals surface area (Å²) in [5, 5.41) is 5.47. The van der Waals surface area contributed by atoms with E-state index in [0.717, 1.165) is 34.7 Å². The first-order chi connectivity index (χ1) is 11.9. The number of hydrogen-bond donors (Lipinski definition) is 1. The van der Waals surface area contributed by atoms with Crippen molar-refractivity contribution in [1.29, 1.82) is 0 Å². The highest BCUT2D eigenvalue weighted by molar-refractivity contribution is 7.17. The summed E-state index contributed by atoms with van der Waals surface area (Å²) in [5.41, 5.74) is 2.31. The molecule has 1 N–H and O–H groups in total. The number of nitrogens with one attached hydrogen (secondary N) is 1. The van der Waals surface area contributed by atoms with Gasteiger partial charge in [0.1, 0.15) is 17.9 Å². The number of hydrogen-bond acceptors (Lipinski definition) is 5. The number of aromatic nitrogens is 2. The lowest BCUT2D eigenvalue weighted by Crippen LogP contribution is -2.11. The zero-order valence-corrected chi connectivity index (χ0v) is 14.4. The number of fused-ring (bicyclic) bond motifs is 1. The Morgan fingerprint density at radius 2 is 1.92 bits per heavy atom. The summed E-state index contributed by atoms with van der Waals surface area (Å²) in [4.78, 5) is 8.62. The van der Waals surface area contributed by atoms with Crippen LogP contribution in [0.3, 0.4) is 0 Å². The van der Waals surface area contributed by atoms with Crippen LogP contribution in [0.1, 0.15) is 31.2 Å². The molecular weight excluding hydrogens is 318 g/mol. The average Bonchev–Trinajstić information content (AvgIpc) is 3.28. The van der Waals surface area contributed by atoms with Gasteiger partial charge in [-0.05, 0) is 61.2 Å². The fourth-order valence-corrected chi connectivity index (χ4v) is 3.98. The van der Waals surface area contributed by atoms with Crippen molar-refractivity contribution in [2.24, 2.45) is 0 Å². The molecule has 0 radical (unpaired) electrons. The standard InChI is InChI=1S/C19H21N3OS/c1-2-4-15(3-1)23-16-7-5-14(6-8-16)9-11-20-19-18-17(10-12-24-18)21-13-22-19/h5-8,10,12-13,15H,1-4,9,11H2,(H,20,21,22). The van der Waals surface area contributed by atoms with Gasteiger partial charge in [-0.15, -0.1) is 11.3 Å². The summed E-state index contributed by atoms with van der Waals surface area (Å²) in [6.07, 6.45) is 7.99. The quantitative estimate of drug-likeness (QED) is 0.709. The maximum Gasteiger partial charge on any atom is 0.147 e. The fourth-order valence-electron chi connectivity index (χ4n) is 3.17. The molecule has 1 saturated carbocycles. The molecule has 0 spiro atoms. The smallest absolute Gasteiger partial charge is 0.147 e. The Morgan fingerprint density at radius 3 is 2.75 bits per heavy atom. The molecule has 0 bridgehead atoms. The molecule has 5 heteroatoms. The van der Waals surface area contributed by atoms with Crippen LogP contribution in [0.4, 0.5) is 5.82 Å². The Morgan fingerprint density at radius 1 is 1.08 bits per heavy atom. The van der Waals surface area contributed by atoms with Crippen molar-refractivity contribution in [3.8, 4) is 5.75 Å². The van der Waals surface area contributed by atoms with E-state index in [2.05, 4.69) is 39.6 Å². The zero-order valence-electron chi connectivity index (χ0n) is 13.6. The summed E-state index contributed by atoms with van der Waals surface area (Å²) in [6, 6.07) is 10.5. The highest BCUT2D eigenvalue weighted by atomic mass is 32.1. The van der Waals surface area contributed by atoms with Gasteiger partial charge in [0.25, 0.3) is 0 Å². The summed E-state index contributed by atoms with van der Waals surface area (Å²) in [5.74, 6) is 1.92. The number of nitrogens with zero attached hydrogens (tertiary/aromatic N) is 2. The fraction of sp³-hybridized carbons (Fsp3) is 0.368. The predicted molar refractivity (Wildman–Crippen MR) is 98.9 cm³/mol. The normalized spacial score (nSPS) is 15.0. The van der Waals surface area contributed by atoms with Gasteiger partial charge in [0, 0.05) is 6.54 Å². The second-order valence-electron chi connectivity index (χ2n) is 6.20. The number of anilines is 1. The molecule has 1 aliphatic rings. The van der Waals surface area contributed by atoms with Crippen LogP contribution in [-0.2, 0) is 6.42 Å². The van der Waals surface area contributed by atoms with Crippen molar-refractivity contribution in [3.63, 3.8) is 0 Å². The van der Waals surface area contributed by atoms with E-state index in [1.807, 2.05) is 11.4 Å². The van der Waals surface area contributed by atoms with Gasteiger partial charge in [-0.1, -0.05) is 12.1 Å². The first-order valence-corrected chi connectivity index (χ1v) is 9.44. The van der Waals surface area contributed by atoms with Crippen molar-refractivity contribution < 1.29 is 4.74 Å². The van der Waals surface area contributed by atoms with E-state index < -0.39 is 0 Å². The first-order valence-electron chi connectivity index (χ1n) is 8.56. The van der Waals surface area contributed by atoms with Gasteiger partial charge in [-0.2, -0.15) is 0 Å². The van der Waals surface area contributed by atoms with Gasteiger partial charge < -0.3 is 10.1 Å². The maximum absolute atomic E-state index is 6.01. The van der Waals surface area contributed by atoms with Crippen LogP contribution in [0.25, 0.3) is 10.2 Å². The highest BCUT2D eigenvalue weighted by Crippen LogP contribution is 2.25. The Bertz CT molecular complexity index is 794. The van der Waals surface area contributed by atoms with Crippen LogP contribution in [0.2, 0.25) is 0 Å². The third kappa shape index (κ3) is 3.51. The molecule has 24 heavy (non-hydrogen) atoms. The van der Waals surface area contributed by atoms with Crippen molar-refractivity contribution >= 4 is 27.4 Å². The largest absolute Gasteiger partial charge is 0.490 e. The van der Waals surface area contributed by atoms with Gasteiger partial charge in [0.2, 0.25) is 0 Å². The van der Waals surface area contributed by atoms with Crippen molar-refractivity contribution in [2.45, 2.75) is 38.2 Å². The first kappa shape index (κ1) is 15.4. The molecule has 4 nitrogen and oxygen atoms in total. The third-order valence-electron chi connectivity index (χ3n) is 4.48. The molecule has 0 aliphatic heterocycles. The molecule has 0 atom stereocenters. The van der Waals surface area contributed by atoms with Gasteiger partial charge in [0.15, 0.2) is 0 Å². The average molecular weight is 339 g/mol. The van der Waals surface area contributed by atoms with Crippen LogP contribution < -0.4 is 10.1 Å². The van der Waals surface area contributed by atoms with E-state index in [9.17, 15) is 0 Å². The van der Waals surface area contributed by atoms with E-state index >= 15 is 0 Å². The molecule has 0 unspecified atom stereocenters. The summed E-state index contributed by atoms with van der Waals surface area (Å²) >= 11 is 1.67. The molecule has 0 saturated heterocycles. The number of ether oxygens (including phenoxy) is 1. The van der Waals surface area contributed by atoms with Gasteiger partial charge >= 0.3 is 0 Å². The molecular formula is C19H21N3OS. The van der Waals surface area contributed by atoms with E-state index in [4.69, 9.17) is 4.74 Å². The lowest BCUT2D eigenvalue weighted by molar-refractivity contribution is 0.210. The van der Waals surface area contributed by atoms with E-state index in [1.165, 1.54) is 31.2 Å². The van der Waals surface area contributed by atoms with Crippen LogP contribution in [0.5, 0.6) is 5.75 Å². The Balaban J connectivity index is 1.32. The molecule has 3 aromatic rings. The summed E-state index contributed by atoms with van der Waals surface area (Å²) in [7, 11) is 0. The molecule has 1 fully saturated rings. The van der Waals surface area contributed by atoms with Crippen molar-refractivity contribution in [1.82, 2.24) is 9.97 Å². The highest BCUT2D eigenvalue weighted by Gasteiger charge is 2.16.